The van der Waals surface area contributed by atoms with E-state index in [-0.39, 0.29) is 5.91 Å². The minimum absolute atomic E-state index is 0.164. The first-order valence-corrected chi connectivity index (χ1v) is 8.85. The van der Waals surface area contributed by atoms with Crippen LogP contribution in [0.25, 0.3) is 0 Å². The number of carbonyl (C=O) groups is 1. The summed E-state index contributed by atoms with van der Waals surface area (Å²) in [5, 5.41) is 12.5. The second-order valence-electron chi connectivity index (χ2n) is 6.08. The second-order valence-corrected chi connectivity index (χ2v) is 6.87. The van der Waals surface area contributed by atoms with Crippen LogP contribution in [-0.2, 0) is 20.1 Å². The molecule has 0 atom stereocenters. The Morgan fingerprint density at radius 3 is 2.42 bits per heavy atom. The highest BCUT2D eigenvalue weighted by molar-refractivity contribution is 6.31. The topological polar surface area (TPSA) is 64.7 Å². The Morgan fingerprint density at radius 2 is 1.88 bits per heavy atom. The van der Waals surface area contributed by atoms with Crippen molar-refractivity contribution < 1.29 is 4.79 Å². The lowest BCUT2D eigenvalue weighted by Gasteiger charge is -2.08. The molecule has 6 nitrogen and oxygen atoms in total. The summed E-state index contributed by atoms with van der Waals surface area (Å²) < 4.78 is 3.50. The normalized spacial score (nSPS) is 11.0. The van der Waals surface area contributed by atoms with Gasteiger partial charge in [0.15, 0.2) is 0 Å². The lowest BCUT2D eigenvalue weighted by atomic mass is 10.1. The fourth-order valence-electron chi connectivity index (χ4n) is 2.66. The summed E-state index contributed by atoms with van der Waals surface area (Å²) in [6.45, 7) is 4.74. The third-order valence-electron chi connectivity index (χ3n) is 4.27. The number of nitrogens with zero attached hydrogens (tertiary/aromatic N) is 4. The smallest absolute Gasteiger partial charge is 0.251 e. The predicted octanol–water partition coefficient (Wildman–Crippen LogP) is 3.52. The fraction of sp³-hybridized carbons (Fsp3) is 0.278. The number of hydrogen-bond donors (Lipinski definition) is 1. The molecule has 0 saturated carbocycles. The highest BCUT2D eigenvalue weighted by atomic mass is 35.5. The molecule has 3 aromatic rings. The van der Waals surface area contributed by atoms with Crippen LogP contribution in [-0.4, -0.2) is 25.5 Å². The Labute approximate surface area is 161 Å². The third-order valence-corrected chi connectivity index (χ3v) is 5.13. The van der Waals surface area contributed by atoms with Crippen LogP contribution in [0.3, 0.4) is 0 Å². The SMILES string of the molecule is Cc1nn(Cc2ccc(C(=O)NCc3c(Cl)cnn3C)cc2)c(C)c1Cl. The Hall–Kier alpha value is -2.31. The number of aromatic nitrogens is 4. The van der Waals surface area contributed by atoms with Gasteiger partial charge in [0.05, 0.1) is 46.4 Å². The van der Waals surface area contributed by atoms with Gasteiger partial charge in [0, 0.05) is 12.6 Å². The third kappa shape index (κ3) is 3.76. The van der Waals surface area contributed by atoms with E-state index in [1.54, 1.807) is 30.1 Å². The Morgan fingerprint density at radius 1 is 1.19 bits per heavy atom. The van der Waals surface area contributed by atoms with Gasteiger partial charge in [0.25, 0.3) is 5.91 Å². The van der Waals surface area contributed by atoms with Gasteiger partial charge in [-0.2, -0.15) is 10.2 Å². The molecule has 3 rings (SSSR count). The van der Waals surface area contributed by atoms with Crippen molar-refractivity contribution in [3.63, 3.8) is 0 Å². The van der Waals surface area contributed by atoms with Crippen molar-refractivity contribution in [1.82, 2.24) is 24.9 Å². The van der Waals surface area contributed by atoms with Gasteiger partial charge in [0.1, 0.15) is 0 Å². The van der Waals surface area contributed by atoms with E-state index in [1.807, 2.05) is 30.7 Å². The molecule has 0 aliphatic carbocycles. The van der Waals surface area contributed by atoms with Gasteiger partial charge >= 0.3 is 0 Å². The Bertz CT molecular complexity index is 924. The highest BCUT2D eigenvalue weighted by Crippen LogP contribution is 2.20. The van der Waals surface area contributed by atoms with Crippen LogP contribution in [0.1, 0.15) is 33.0 Å². The zero-order valence-corrected chi connectivity index (χ0v) is 16.3. The minimum Gasteiger partial charge on any atom is -0.346 e. The predicted molar refractivity (Wildman–Crippen MR) is 102 cm³/mol. The number of amides is 1. The molecule has 8 heteroatoms. The molecule has 0 aliphatic rings. The van der Waals surface area contributed by atoms with Crippen LogP contribution in [0.5, 0.6) is 0 Å². The monoisotopic (exact) mass is 391 g/mol. The molecule has 0 radical (unpaired) electrons. The van der Waals surface area contributed by atoms with E-state index in [9.17, 15) is 4.79 Å². The first-order valence-electron chi connectivity index (χ1n) is 8.10. The van der Waals surface area contributed by atoms with Gasteiger partial charge < -0.3 is 5.32 Å². The fourth-order valence-corrected chi connectivity index (χ4v) is 3.03. The van der Waals surface area contributed by atoms with Crippen LogP contribution in [0.2, 0.25) is 10.0 Å². The standard InChI is InChI=1S/C18H19Cl2N5O/c1-11-17(20)12(2)25(23-11)10-13-4-6-14(7-5-13)18(26)21-9-16-15(19)8-22-24(16)3/h4-8H,9-10H2,1-3H3,(H,21,26). The van der Waals surface area contributed by atoms with Gasteiger partial charge in [-0.15, -0.1) is 0 Å². The molecule has 136 valence electrons. The molecule has 1 aromatic carbocycles. The second kappa shape index (κ2) is 7.51. The van der Waals surface area contributed by atoms with Crippen LogP contribution in [0.4, 0.5) is 0 Å². The zero-order chi connectivity index (χ0) is 18.8. The molecular formula is C18H19Cl2N5O. The van der Waals surface area contributed by atoms with Crippen LogP contribution in [0, 0.1) is 13.8 Å². The van der Waals surface area contributed by atoms with Gasteiger partial charge in [-0.3, -0.25) is 14.2 Å². The molecule has 0 fully saturated rings. The highest BCUT2D eigenvalue weighted by Gasteiger charge is 2.12. The maximum absolute atomic E-state index is 12.3. The summed E-state index contributed by atoms with van der Waals surface area (Å²) in [5.74, 6) is -0.164. The molecule has 26 heavy (non-hydrogen) atoms. The van der Waals surface area contributed by atoms with Gasteiger partial charge in [-0.25, -0.2) is 0 Å². The van der Waals surface area contributed by atoms with Crippen molar-refractivity contribution in [2.75, 3.05) is 0 Å². The van der Waals surface area contributed by atoms with Crippen LogP contribution < -0.4 is 5.32 Å². The van der Waals surface area contributed by atoms with Crippen molar-refractivity contribution in [2.24, 2.45) is 7.05 Å². The van der Waals surface area contributed by atoms with Crippen LogP contribution >= 0.6 is 23.2 Å². The van der Waals surface area contributed by atoms with Crippen molar-refractivity contribution in [3.8, 4) is 0 Å². The number of aryl methyl sites for hydroxylation is 2. The Balaban J connectivity index is 1.65. The van der Waals surface area contributed by atoms with Gasteiger partial charge in [-0.05, 0) is 31.5 Å². The first-order chi connectivity index (χ1) is 12.4. The summed E-state index contributed by atoms with van der Waals surface area (Å²) in [5.41, 5.74) is 4.13. The number of hydrogen-bond acceptors (Lipinski definition) is 3. The number of halogens is 2. The average molecular weight is 392 g/mol. The van der Waals surface area contributed by atoms with Crippen molar-refractivity contribution in [3.05, 3.63) is 68.7 Å². The minimum atomic E-state index is -0.164. The molecular weight excluding hydrogens is 373 g/mol. The van der Waals surface area contributed by atoms with E-state index >= 15 is 0 Å². The van der Waals surface area contributed by atoms with E-state index in [0.29, 0.717) is 28.7 Å². The summed E-state index contributed by atoms with van der Waals surface area (Å²) in [4.78, 5) is 12.3. The van der Waals surface area contributed by atoms with E-state index < -0.39 is 0 Å². The van der Waals surface area contributed by atoms with Gasteiger partial charge in [-0.1, -0.05) is 35.3 Å². The lowest BCUT2D eigenvalue weighted by molar-refractivity contribution is 0.0950. The largest absolute Gasteiger partial charge is 0.346 e. The number of carbonyl (C=O) groups excluding carboxylic acids is 1. The molecule has 1 N–H and O–H groups in total. The molecule has 0 unspecified atom stereocenters. The maximum atomic E-state index is 12.3. The zero-order valence-electron chi connectivity index (χ0n) is 14.8. The van der Waals surface area contributed by atoms with E-state index in [4.69, 9.17) is 23.2 Å². The quantitative estimate of drug-likeness (QED) is 0.723. The number of nitrogens with one attached hydrogen (secondary N) is 1. The molecule has 2 heterocycles. The molecule has 0 aliphatic heterocycles. The van der Waals surface area contributed by atoms with E-state index in [1.165, 1.54) is 0 Å². The molecule has 0 bridgehead atoms. The lowest BCUT2D eigenvalue weighted by Crippen LogP contribution is -2.24. The van der Waals surface area contributed by atoms with Crippen molar-refractivity contribution in [2.45, 2.75) is 26.9 Å². The Kier molecular flexibility index (Phi) is 5.34. The molecule has 1 amide bonds. The molecule has 2 aromatic heterocycles. The van der Waals surface area contributed by atoms with E-state index in [0.717, 1.165) is 22.6 Å². The number of rotatable bonds is 5. The van der Waals surface area contributed by atoms with Gasteiger partial charge in [0.2, 0.25) is 0 Å². The van der Waals surface area contributed by atoms with Crippen molar-refractivity contribution in [1.29, 1.82) is 0 Å². The molecule has 0 saturated heterocycles. The number of benzene rings is 1. The van der Waals surface area contributed by atoms with E-state index in [2.05, 4.69) is 15.5 Å². The first kappa shape index (κ1) is 18.5. The average Bonchev–Trinajstić information content (AvgIpc) is 3.07. The summed E-state index contributed by atoms with van der Waals surface area (Å²) in [7, 11) is 1.79. The van der Waals surface area contributed by atoms with Crippen molar-refractivity contribution >= 4 is 29.1 Å². The van der Waals surface area contributed by atoms with Crippen LogP contribution in [0.15, 0.2) is 30.5 Å². The summed E-state index contributed by atoms with van der Waals surface area (Å²) >= 11 is 12.2. The summed E-state index contributed by atoms with van der Waals surface area (Å²) in [6, 6.07) is 7.41. The summed E-state index contributed by atoms with van der Waals surface area (Å²) in [6.07, 6.45) is 1.56. The molecule has 0 spiro atoms. The maximum Gasteiger partial charge on any atom is 0.251 e.